The van der Waals surface area contributed by atoms with Crippen LogP contribution in [0.25, 0.3) is 0 Å². The molecule has 4 aromatic carbocycles. The Hall–Kier alpha value is -5.71. The number of methoxy groups -OCH3 is 4. The summed E-state index contributed by atoms with van der Waals surface area (Å²) in [5.41, 5.74) is 6.72. The Morgan fingerprint density at radius 2 is 1.43 bits per heavy atom. The molecule has 0 saturated heterocycles. The van der Waals surface area contributed by atoms with Crippen LogP contribution in [0.3, 0.4) is 0 Å². The summed E-state index contributed by atoms with van der Waals surface area (Å²) in [4.78, 5) is 18.8. The predicted molar refractivity (Wildman–Crippen MR) is 216 cm³/mol. The minimum atomic E-state index is -0.615. The lowest BCUT2D eigenvalue weighted by Gasteiger charge is -2.37. The lowest BCUT2D eigenvalue weighted by Crippen LogP contribution is -2.39. The molecule has 10 nitrogen and oxygen atoms in total. The first-order valence-corrected chi connectivity index (χ1v) is 18.9. The zero-order valence-electron chi connectivity index (χ0n) is 33.3. The Balaban J connectivity index is 1.44. The third-order valence-electron chi connectivity index (χ3n) is 11.0. The zero-order valence-corrected chi connectivity index (χ0v) is 33.3. The molecule has 4 heterocycles. The largest absolute Gasteiger partial charge is 0.497 e. The van der Waals surface area contributed by atoms with Gasteiger partial charge in [0.15, 0.2) is 23.0 Å². The molecule has 10 heteroatoms. The molecule has 0 saturated carbocycles. The highest BCUT2D eigenvalue weighted by atomic mass is 16.6. The lowest BCUT2D eigenvalue weighted by molar-refractivity contribution is 0.0722. The van der Waals surface area contributed by atoms with Crippen molar-refractivity contribution in [2.45, 2.75) is 44.7 Å². The van der Waals surface area contributed by atoms with Gasteiger partial charge in [0.1, 0.15) is 23.0 Å². The number of hydrogen-bond donors (Lipinski definition) is 0. The minimum Gasteiger partial charge on any atom is -0.497 e. The Kier molecular flexibility index (Phi) is 11.4. The lowest BCUT2D eigenvalue weighted by atomic mass is 9.87. The van der Waals surface area contributed by atoms with Gasteiger partial charge in [-0.25, -0.2) is 4.79 Å². The van der Waals surface area contributed by atoms with Crippen molar-refractivity contribution in [1.29, 1.82) is 0 Å². The Bertz CT molecular complexity index is 2170. The molecule has 0 radical (unpaired) electrons. The van der Waals surface area contributed by atoms with Crippen LogP contribution in [0.1, 0.15) is 52.0 Å². The van der Waals surface area contributed by atoms with E-state index in [1.54, 1.807) is 32.4 Å². The molecule has 0 amide bonds. The maximum atomic E-state index is 14.1. The van der Waals surface area contributed by atoms with Crippen LogP contribution in [-0.2, 0) is 19.3 Å². The van der Waals surface area contributed by atoms with E-state index in [2.05, 4.69) is 54.7 Å². The average Bonchev–Trinajstić information content (AvgIpc) is 3.21. The van der Waals surface area contributed by atoms with Crippen molar-refractivity contribution in [2.24, 2.45) is 0 Å². The van der Waals surface area contributed by atoms with E-state index in [4.69, 9.17) is 33.2 Å². The number of allylic oxidation sites excluding steroid dienone is 2. The molecule has 4 aromatic rings. The van der Waals surface area contributed by atoms with E-state index in [0.29, 0.717) is 46.7 Å². The van der Waals surface area contributed by atoms with Crippen molar-refractivity contribution >= 4 is 5.97 Å². The van der Waals surface area contributed by atoms with Crippen molar-refractivity contribution < 1.29 is 38.0 Å². The second-order valence-electron chi connectivity index (χ2n) is 14.5. The van der Waals surface area contributed by atoms with Gasteiger partial charge in [0.25, 0.3) is 0 Å². The Labute approximate surface area is 329 Å². The van der Waals surface area contributed by atoms with Gasteiger partial charge < -0.3 is 33.2 Å². The molecule has 2 atom stereocenters. The number of nitrogens with zero attached hydrogens (tertiary/aromatic N) is 2. The molecule has 0 unspecified atom stereocenters. The van der Waals surface area contributed by atoms with Crippen molar-refractivity contribution in [3.05, 3.63) is 130 Å². The first-order valence-electron chi connectivity index (χ1n) is 18.9. The number of carbonyl (C=O) groups excluding carboxylic acids is 1. The van der Waals surface area contributed by atoms with E-state index in [0.717, 1.165) is 60.4 Å². The van der Waals surface area contributed by atoms with Crippen molar-refractivity contribution in [1.82, 2.24) is 9.80 Å². The van der Waals surface area contributed by atoms with E-state index in [1.165, 1.54) is 25.4 Å². The molecule has 56 heavy (non-hydrogen) atoms. The standard InChI is InChI=1S/C46H50N2O8/c1-9-31-16-18-47(3)38-21-29-10-13-34(14-11-29)55-41-23-30(12-15-40(41)52-7)22-39-43-32(17-19-48(39)4)26-42(53-8)44(45(43)54-28(2)20-37(31)38)56-46(49)33-24-35(50-5)27-36(25-33)51-6/h9-15,20,23-27,38-39H,1,16-19,21-22H2,2-8H3/b28-20+/t38-,39-/m0/s1. The highest BCUT2D eigenvalue weighted by molar-refractivity contribution is 5.93. The van der Waals surface area contributed by atoms with Gasteiger partial charge in [-0.2, -0.15) is 0 Å². The smallest absolute Gasteiger partial charge is 0.344 e. The first-order chi connectivity index (χ1) is 27.1. The molecular formula is C46H50N2O8. The van der Waals surface area contributed by atoms with Gasteiger partial charge in [-0.1, -0.05) is 30.9 Å². The van der Waals surface area contributed by atoms with Gasteiger partial charge in [-0.3, -0.25) is 9.80 Å². The number of ether oxygens (including phenoxy) is 7. The maximum absolute atomic E-state index is 14.1. The van der Waals surface area contributed by atoms with E-state index < -0.39 is 5.97 Å². The van der Waals surface area contributed by atoms with Crippen LogP contribution in [0.2, 0.25) is 0 Å². The fourth-order valence-electron chi connectivity index (χ4n) is 7.94. The number of esters is 1. The molecule has 0 N–H and O–H groups in total. The van der Waals surface area contributed by atoms with Crippen LogP contribution < -0.4 is 33.2 Å². The summed E-state index contributed by atoms with van der Waals surface area (Å²) in [6, 6.07) is 21.1. The highest BCUT2D eigenvalue weighted by Gasteiger charge is 2.35. The van der Waals surface area contributed by atoms with Crippen LogP contribution in [0.4, 0.5) is 0 Å². The van der Waals surface area contributed by atoms with Crippen LogP contribution >= 0.6 is 0 Å². The average molecular weight is 759 g/mol. The fourth-order valence-corrected chi connectivity index (χ4v) is 7.94. The molecule has 292 valence electrons. The third-order valence-corrected chi connectivity index (χ3v) is 11.0. The number of fused-ring (bicyclic) bond motifs is 3. The summed E-state index contributed by atoms with van der Waals surface area (Å²) in [7, 11) is 10.6. The molecule has 0 aromatic heterocycles. The monoisotopic (exact) mass is 758 g/mol. The first kappa shape index (κ1) is 38.6. The minimum absolute atomic E-state index is 0.0520. The molecule has 8 rings (SSSR count). The molecule has 0 aliphatic carbocycles. The van der Waals surface area contributed by atoms with Crippen LogP contribution in [0, 0.1) is 0 Å². The molecular weight excluding hydrogens is 709 g/mol. The Morgan fingerprint density at radius 1 is 0.768 bits per heavy atom. The molecule has 4 aliphatic rings. The predicted octanol–water partition coefficient (Wildman–Crippen LogP) is 8.53. The van der Waals surface area contributed by atoms with Crippen LogP contribution in [-0.4, -0.2) is 77.4 Å². The molecule has 4 bridgehead atoms. The van der Waals surface area contributed by atoms with E-state index in [-0.39, 0.29) is 23.4 Å². The summed E-state index contributed by atoms with van der Waals surface area (Å²) >= 11 is 0. The maximum Gasteiger partial charge on any atom is 0.344 e. The second-order valence-corrected chi connectivity index (χ2v) is 14.5. The third kappa shape index (κ3) is 7.85. The SMILES string of the molecule is C=CC1=C2/C=C(\C)Oc3c(OC(=O)c4cc(OC)cc(OC)c4)c(OC)cc4c3[C@H](Cc3ccc(OC)c(c3)Oc3ccc(cc3)C[C@@H]2N(C)CC1)N(C)CC4. The Morgan fingerprint density at radius 3 is 2.11 bits per heavy atom. The molecule has 4 aliphatic heterocycles. The summed E-state index contributed by atoms with van der Waals surface area (Å²) in [6.07, 6.45) is 7.03. The van der Waals surface area contributed by atoms with Gasteiger partial charge in [0.2, 0.25) is 5.75 Å². The van der Waals surface area contributed by atoms with Gasteiger partial charge in [-0.15, -0.1) is 0 Å². The van der Waals surface area contributed by atoms with Gasteiger partial charge >= 0.3 is 5.97 Å². The quantitative estimate of drug-likeness (QED) is 0.135. The number of rotatable bonds is 7. The number of likely N-dealkylation sites (N-methyl/N-ethyl adjacent to an activating group) is 2. The normalized spacial score (nSPS) is 19.4. The van der Waals surface area contributed by atoms with Crippen molar-refractivity contribution in [2.75, 3.05) is 55.6 Å². The zero-order chi connectivity index (χ0) is 39.5. The number of benzene rings is 4. The summed E-state index contributed by atoms with van der Waals surface area (Å²) in [5.74, 6) is 3.94. The van der Waals surface area contributed by atoms with Crippen molar-refractivity contribution in [3.8, 4) is 46.0 Å². The fraction of sp³-hybridized carbons (Fsp3) is 0.326. The summed E-state index contributed by atoms with van der Waals surface area (Å²) in [6.45, 7) is 7.84. The summed E-state index contributed by atoms with van der Waals surface area (Å²) in [5, 5.41) is 0. The van der Waals surface area contributed by atoms with E-state index in [9.17, 15) is 4.79 Å². The van der Waals surface area contributed by atoms with E-state index in [1.807, 2.05) is 43.3 Å². The molecule has 0 fully saturated rings. The molecule has 0 spiro atoms. The van der Waals surface area contributed by atoms with Crippen LogP contribution in [0.5, 0.6) is 46.0 Å². The van der Waals surface area contributed by atoms with Crippen molar-refractivity contribution in [3.63, 3.8) is 0 Å². The highest BCUT2D eigenvalue weighted by Crippen LogP contribution is 2.50. The topological polar surface area (TPSA) is 88.2 Å². The number of carbonyl (C=O) groups is 1. The van der Waals surface area contributed by atoms with Crippen LogP contribution in [0.15, 0.2) is 102 Å². The summed E-state index contributed by atoms with van der Waals surface area (Å²) < 4.78 is 42.5. The van der Waals surface area contributed by atoms with Gasteiger partial charge in [0, 0.05) is 36.8 Å². The van der Waals surface area contributed by atoms with Gasteiger partial charge in [0.05, 0.1) is 34.0 Å². The van der Waals surface area contributed by atoms with Gasteiger partial charge in [-0.05, 0) is 123 Å². The second kappa shape index (κ2) is 16.6. The van der Waals surface area contributed by atoms with E-state index >= 15 is 0 Å². The number of hydrogen-bond acceptors (Lipinski definition) is 10.